The van der Waals surface area contributed by atoms with Crippen LogP contribution in [0, 0.1) is 0 Å². The second-order valence-electron chi connectivity index (χ2n) is 10.8. The molecule has 0 radical (unpaired) electrons. The Morgan fingerprint density at radius 2 is 1.18 bits per heavy atom. The van der Waals surface area contributed by atoms with Crippen molar-refractivity contribution < 1.29 is 4.42 Å². The van der Waals surface area contributed by atoms with E-state index in [0.29, 0.717) is 17.5 Å². The van der Waals surface area contributed by atoms with Crippen molar-refractivity contribution in [2.24, 2.45) is 0 Å². The highest BCUT2D eigenvalue weighted by Gasteiger charge is 2.22. The highest BCUT2D eigenvalue weighted by molar-refractivity contribution is 6.15. The summed E-state index contributed by atoms with van der Waals surface area (Å²) in [6.07, 6.45) is 9.53. The van der Waals surface area contributed by atoms with Crippen molar-refractivity contribution in [2.45, 2.75) is 6.42 Å². The third-order valence-electron chi connectivity index (χ3n) is 8.02. The molecule has 0 spiro atoms. The van der Waals surface area contributed by atoms with Gasteiger partial charge in [-0.1, -0.05) is 121 Å². The third kappa shape index (κ3) is 4.65. The van der Waals surface area contributed by atoms with E-state index < -0.39 is 0 Å². The summed E-state index contributed by atoms with van der Waals surface area (Å²) in [5.41, 5.74) is 7.85. The number of para-hydroxylation sites is 2. The van der Waals surface area contributed by atoms with Gasteiger partial charge in [-0.2, -0.15) is 0 Å². The van der Waals surface area contributed by atoms with Crippen molar-refractivity contribution in [3.63, 3.8) is 0 Å². The standard InChI is InChI=1S/C39H28N4O/c1-2-12-26-43(32-23-11-10-16-27(32)15-5-1)33-24-14-25-34-35(33)30-21-13-22-31(36(30)44-34)39-41-37(28-17-6-3-7-18-28)40-38(42-39)29-19-8-4-9-20-29/h1-14,16-25H,15,26H2/b5-1-,12-2-. The lowest BCUT2D eigenvalue weighted by Crippen LogP contribution is -2.18. The van der Waals surface area contributed by atoms with Gasteiger partial charge in [0.05, 0.1) is 16.6 Å². The van der Waals surface area contributed by atoms with Crippen LogP contribution in [0.3, 0.4) is 0 Å². The molecule has 5 heteroatoms. The first-order valence-electron chi connectivity index (χ1n) is 14.8. The van der Waals surface area contributed by atoms with Gasteiger partial charge in [-0.25, -0.2) is 15.0 Å². The smallest absolute Gasteiger partial charge is 0.167 e. The number of anilines is 2. The number of rotatable bonds is 4. The molecule has 2 aromatic heterocycles. The molecule has 0 atom stereocenters. The van der Waals surface area contributed by atoms with E-state index >= 15 is 0 Å². The Kier molecular flexibility index (Phi) is 6.54. The van der Waals surface area contributed by atoms with Crippen LogP contribution in [-0.4, -0.2) is 21.5 Å². The monoisotopic (exact) mass is 568 g/mol. The molecule has 210 valence electrons. The molecule has 1 aliphatic heterocycles. The number of allylic oxidation sites excluding steroid dienone is 3. The predicted molar refractivity (Wildman–Crippen MR) is 179 cm³/mol. The predicted octanol–water partition coefficient (Wildman–Crippen LogP) is 9.58. The molecule has 5 nitrogen and oxygen atoms in total. The van der Waals surface area contributed by atoms with E-state index in [4.69, 9.17) is 19.4 Å². The minimum Gasteiger partial charge on any atom is -0.455 e. The summed E-state index contributed by atoms with van der Waals surface area (Å²) < 4.78 is 6.67. The zero-order chi connectivity index (χ0) is 29.3. The first-order chi connectivity index (χ1) is 21.8. The number of aromatic nitrogens is 3. The minimum atomic E-state index is 0.575. The Balaban J connectivity index is 1.34. The molecular weight excluding hydrogens is 540 g/mol. The average molecular weight is 569 g/mol. The van der Waals surface area contributed by atoms with Gasteiger partial charge in [-0.05, 0) is 36.2 Å². The van der Waals surface area contributed by atoms with Gasteiger partial charge in [0, 0.05) is 28.7 Å². The molecule has 0 unspecified atom stereocenters. The fourth-order valence-corrected chi connectivity index (χ4v) is 5.95. The molecule has 0 saturated heterocycles. The van der Waals surface area contributed by atoms with E-state index in [2.05, 4.69) is 77.7 Å². The van der Waals surface area contributed by atoms with Gasteiger partial charge in [-0.15, -0.1) is 0 Å². The number of benzene rings is 5. The van der Waals surface area contributed by atoms with Crippen LogP contribution in [0.4, 0.5) is 11.4 Å². The summed E-state index contributed by atoms with van der Waals surface area (Å²) in [7, 11) is 0. The highest BCUT2D eigenvalue weighted by atomic mass is 16.3. The normalized spacial score (nSPS) is 14.5. The van der Waals surface area contributed by atoms with Gasteiger partial charge in [0.2, 0.25) is 0 Å². The molecule has 44 heavy (non-hydrogen) atoms. The lowest BCUT2D eigenvalue weighted by molar-refractivity contribution is 0.669. The van der Waals surface area contributed by atoms with Crippen LogP contribution in [0.15, 0.2) is 150 Å². The Morgan fingerprint density at radius 1 is 0.545 bits per heavy atom. The molecule has 0 bridgehead atoms. The molecule has 3 heterocycles. The Bertz CT molecular complexity index is 2120. The van der Waals surface area contributed by atoms with Gasteiger partial charge in [0.1, 0.15) is 11.2 Å². The second-order valence-corrected chi connectivity index (χ2v) is 10.8. The van der Waals surface area contributed by atoms with Crippen molar-refractivity contribution in [1.82, 2.24) is 15.0 Å². The summed E-state index contributed by atoms with van der Waals surface area (Å²) in [6.45, 7) is 0.737. The van der Waals surface area contributed by atoms with Gasteiger partial charge < -0.3 is 9.32 Å². The van der Waals surface area contributed by atoms with Crippen molar-refractivity contribution in [3.8, 4) is 34.2 Å². The summed E-state index contributed by atoms with van der Waals surface area (Å²) >= 11 is 0. The van der Waals surface area contributed by atoms with E-state index in [1.165, 1.54) is 11.3 Å². The van der Waals surface area contributed by atoms with Crippen LogP contribution in [0.2, 0.25) is 0 Å². The number of nitrogens with zero attached hydrogens (tertiary/aromatic N) is 4. The van der Waals surface area contributed by atoms with Gasteiger partial charge in [-0.3, -0.25) is 0 Å². The maximum Gasteiger partial charge on any atom is 0.167 e. The van der Waals surface area contributed by atoms with E-state index in [0.717, 1.165) is 57.3 Å². The molecular formula is C39H28N4O. The maximum absolute atomic E-state index is 6.67. The molecule has 8 rings (SSSR count). The van der Waals surface area contributed by atoms with Crippen molar-refractivity contribution in [1.29, 1.82) is 0 Å². The summed E-state index contributed by atoms with van der Waals surface area (Å²) in [6, 6.07) is 41.2. The van der Waals surface area contributed by atoms with E-state index in [9.17, 15) is 0 Å². The summed E-state index contributed by atoms with van der Waals surface area (Å²) in [4.78, 5) is 17.2. The van der Waals surface area contributed by atoms with Crippen molar-refractivity contribution in [3.05, 3.63) is 151 Å². The highest BCUT2D eigenvalue weighted by Crippen LogP contribution is 2.42. The first kappa shape index (κ1) is 25.9. The largest absolute Gasteiger partial charge is 0.455 e. The first-order valence-corrected chi connectivity index (χ1v) is 14.8. The quantitative estimate of drug-likeness (QED) is 0.212. The zero-order valence-corrected chi connectivity index (χ0v) is 24.0. The molecule has 5 aromatic carbocycles. The number of hydrogen-bond acceptors (Lipinski definition) is 5. The number of hydrogen-bond donors (Lipinski definition) is 0. The van der Waals surface area contributed by atoms with Crippen LogP contribution < -0.4 is 4.90 Å². The maximum atomic E-state index is 6.67. The Hall–Kier alpha value is -5.81. The van der Waals surface area contributed by atoms with Crippen LogP contribution in [-0.2, 0) is 6.42 Å². The molecule has 0 aliphatic carbocycles. The lowest BCUT2D eigenvalue weighted by atomic mass is 10.0. The second kappa shape index (κ2) is 11.1. The summed E-state index contributed by atoms with van der Waals surface area (Å²) in [5, 5.41) is 2.09. The number of furan rings is 1. The molecule has 1 aliphatic rings. The average Bonchev–Trinajstić information content (AvgIpc) is 3.52. The van der Waals surface area contributed by atoms with E-state index in [-0.39, 0.29) is 0 Å². The number of fused-ring (bicyclic) bond motifs is 4. The molecule has 0 amide bonds. The molecule has 0 saturated carbocycles. The molecule has 0 N–H and O–H groups in total. The topological polar surface area (TPSA) is 55.1 Å². The van der Waals surface area contributed by atoms with Crippen LogP contribution in [0.1, 0.15) is 5.56 Å². The fourth-order valence-electron chi connectivity index (χ4n) is 5.95. The lowest BCUT2D eigenvalue weighted by Gasteiger charge is -2.26. The van der Waals surface area contributed by atoms with Crippen molar-refractivity contribution >= 4 is 33.3 Å². The van der Waals surface area contributed by atoms with E-state index in [1.54, 1.807) is 0 Å². The van der Waals surface area contributed by atoms with Gasteiger partial charge in [0.25, 0.3) is 0 Å². The zero-order valence-electron chi connectivity index (χ0n) is 24.0. The third-order valence-corrected chi connectivity index (χ3v) is 8.02. The van der Waals surface area contributed by atoms with Crippen LogP contribution >= 0.6 is 0 Å². The van der Waals surface area contributed by atoms with Crippen LogP contribution in [0.5, 0.6) is 0 Å². The van der Waals surface area contributed by atoms with Crippen molar-refractivity contribution in [2.75, 3.05) is 11.4 Å². The summed E-state index contributed by atoms with van der Waals surface area (Å²) in [5.74, 6) is 1.82. The fraction of sp³-hybridized carbons (Fsp3) is 0.0513. The van der Waals surface area contributed by atoms with Gasteiger partial charge in [0.15, 0.2) is 17.5 Å². The SMILES string of the molecule is C1=C\Cc2ccccc2N(c2cccc3oc4c(-c5nc(-c6ccccc6)nc(-c6ccccc6)n5)cccc4c23)C\C=C/1. The minimum absolute atomic E-state index is 0.575. The Morgan fingerprint density at radius 3 is 1.95 bits per heavy atom. The van der Waals surface area contributed by atoms with Crippen LogP contribution in [0.25, 0.3) is 56.1 Å². The molecule has 7 aromatic rings. The Labute approximate surface area is 255 Å². The van der Waals surface area contributed by atoms with Gasteiger partial charge >= 0.3 is 0 Å². The molecule has 0 fully saturated rings. The van der Waals surface area contributed by atoms with E-state index in [1.807, 2.05) is 72.8 Å².